The Morgan fingerprint density at radius 2 is 1.97 bits per heavy atom. The first-order valence-electron chi connectivity index (χ1n) is 10.7. The fourth-order valence-electron chi connectivity index (χ4n) is 4.30. The number of rotatable bonds is 6. The zero-order valence-corrected chi connectivity index (χ0v) is 18.9. The molecule has 0 aliphatic carbocycles. The van der Waals surface area contributed by atoms with Gasteiger partial charge in [0.25, 0.3) is 0 Å². The van der Waals surface area contributed by atoms with Crippen LogP contribution in [0.1, 0.15) is 24.0 Å². The average Bonchev–Trinajstić information content (AvgIpc) is 3.15. The van der Waals surface area contributed by atoms with Crippen LogP contribution in [0.25, 0.3) is 10.9 Å². The lowest BCUT2D eigenvalue weighted by Gasteiger charge is -2.31. The highest BCUT2D eigenvalue weighted by Gasteiger charge is 2.33. The highest BCUT2D eigenvalue weighted by Crippen LogP contribution is 2.26. The maximum Gasteiger partial charge on any atom is 0.243 e. The van der Waals surface area contributed by atoms with Gasteiger partial charge >= 0.3 is 0 Å². The van der Waals surface area contributed by atoms with Gasteiger partial charge in [-0.2, -0.15) is 4.31 Å². The lowest BCUT2D eigenvalue weighted by molar-refractivity contribution is -0.126. The molecule has 2 heterocycles. The van der Waals surface area contributed by atoms with Gasteiger partial charge in [0.1, 0.15) is 0 Å². The van der Waals surface area contributed by atoms with Crippen LogP contribution in [0.3, 0.4) is 0 Å². The van der Waals surface area contributed by atoms with Crippen molar-refractivity contribution in [2.45, 2.75) is 31.1 Å². The molecule has 1 atom stereocenters. The van der Waals surface area contributed by atoms with Crippen LogP contribution in [0.15, 0.2) is 59.6 Å². The Hall–Kier alpha value is -2.64. The fraction of sp³-hybridized carbons (Fsp3) is 0.375. The first-order valence-corrected chi connectivity index (χ1v) is 12.2. The number of carbonyl (C=O) groups excluding carboxylic acids is 1. The van der Waals surface area contributed by atoms with Gasteiger partial charge in [0, 0.05) is 43.8 Å². The van der Waals surface area contributed by atoms with Crippen molar-refractivity contribution in [2.24, 2.45) is 13.0 Å². The maximum atomic E-state index is 13.2. The molecule has 0 bridgehead atoms. The third-order valence-electron chi connectivity index (χ3n) is 6.20. The molecule has 1 N–H and O–H groups in total. The van der Waals surface area contributed by atoms with Crippen molar-refractivity contribution in [1.29, 1.82) is 0 Å². The van der Waals surface area contributed by atoms with Crippen molar-refractivity contribution in [3.63, 3.8) is 0 Å². The number of hydrogen-bond acceptors (Lipinski definition) is 3. The molecule has 3 aromatic rings. The first kappa shape index (κ1) is 21.6. The van der Waals surface area contributed by atoms with Crippen LogP contribution in [-0.2, 0) is 28.3 Å². The molecule has 1 unspecified atom stereocenters. The molecule has 0 radical (unpaired) electrons. The minimum atomic E-state index is -3.64. The number of carbonyl (C=O) groups is 1. The summed E-state index contributed by atoms with van der Waals surface area (Å²) < 4.78 is 29.9. The molecular weight excluding hydrogens is 410 g/mol. The normalized spacial score (nSPS) is 17.7. The standard InChI is InChI=1S/C24H29N3O3S/c1-18-6-3-4-7-19(18)11-13-25-24(28)21-8-5-14-27(17-21)31(29,30)22-9-10-23-20(16-22)12-15-26(23)2/h3-4,6-7,9-10,12,15-16,21H,5,8,11,13-14,17H2,1-2H3,(H,25,28). The van der Waals surface area contributed by atoms with Crippen LogP contribution in [0.5, 0.6) is 0 Å². The number of amides is 1. The average molecular weight is 440 g/mol. The molecular formula is C24H29N3O3S. The van der Waals surface area contributed by atoms with Gasteiger partial charge in [-0.15, -0.1) is 0 Å². The molecule has 0 saturated carbocycles. The Morgan fingerprint density at radius 1 is 1.16 bits per heavy atom. The Kier molecular flexibility index (Phi) is 6.16. The number of benzene rings is 2. The lowest BCUT2D eigenvalue weighted by atomic mass is 9.98. The van der Waals surface area contributed by atoms with E-state index < -0.39 is 10.0 Å². The molecule has 1 fully saturated rings. The Balaban J connectivity index is 1.40. The summed E-state index contributed by atoms with van der Waals surface area (Å²) in [7, 11) is -1.70. The third kappa shape index (κ3) is 4.52. The number of piperidine rings is 1. The number of nitrogens with zero attached hydrogens (tertiary/aromatic N) is 2. The summed E-state index contributed by atoms with van der Waals surface area (Å²) in [6, 6.07) is 15.3. The Bertz CT molecular complexity index is 1200. The van der Waals surface area contributed by atoms with Crippen molar-refractivity contribution in [3.8, 4) is 0 Å². The van der Waals surface area contributed by atoms with Crippen molar-refractivity contribution < 1.29 is 13.2 Å². The molecule has 1 aliphatic rings. The molecule has 6 nitrogen and oxygen atoms in total. The van der Waals surface area contributed by atoms with E-state index in [1.54, 1.807) is 12.1 Å². The largest absolute Gasteiger partial charge is 0.355 e. The van der Waals surface area contributed by atoms with E-state index in [4.69, 9.17) is 0 Å². The molecule has 0 spiro atoms. The number of sulfonamides is 1. The van der Waals surface area contributed by atoms with E-state index in [-0.39, 0.29) is 23.3 Å². The number of aromatic nitrogens is 1. The minimum absolute atomic E-state index is 0.0630. The summed E-state index contributed by atoms with van der Waals surface area (Å²) in [6.45, 7) is 3.29. The molecule has 1 saturated heterocycles. The highest BCUT2D eigenvalue weighted by molar-refractivity contribution is 7.89. The molecule has 1 amide bonds. The predicted octanol–water partition coefficient (Wildman–Crippen LogP) is 3.25. The topological polar surface area (TPSA) is 71.4 Å². The lowest BCUT2D eigenvalue weighted by Crippen LogP contribution is -2.45. The van der Waals surface area contributed by atoms with E-state index >= 15 is 0 Å². The zero-order valence-electron chi connectivity index (χ0n) is 18.0. The number of hydrogen-bond donors (Lipinski definition) is 1. The second-order valence-electron chi connectivity index (χ2n) is 8.32. The van der Waals surface area contributed by atoms with Crippen molar-refractivity contribution in [3.05, 3.63) is 65.9 Å². The summed E-state index contributed by atoms with van der Waals surface area (Å²) in [4.78, 5) is 13.0. The van der Waals surface area contributed by atoms with Crippen molar-refractivity contribution >= 4 is 26.8 Å². The van der Waals surface area contributed by atoms with Crippen LogP contribution >= 0.6 is 0 Å². The van der Waals surface area contributed by atoms with E-state index in [0.717, 1.165) is 17.3 Å². The molecule has 1 aromatic heterocycles. The van der Waals surface area contributed by atoms with Gasteiger partial charge in [0.2, 0.25) is 15.9 Å². The summed E-state index contributed by atoms with van der Waals surface area (Å²) >= 11 is 0. The minimum Gasteiger partial charge on any atom is -0.355 e. The summed E-state index contributed by atoms with van der Waals surface area (Å²) in [5.74, 6) is -0.382. The Morgan fingerprint density at radius 3 is 2.77 bits per heavy atom. The molecule has 1 aliphatic heterocycles. The second kappa shape index (κ2) is 8.85. The van der Waals surface area contributed by atoms with Gasteiger partial charge in [-0.25, -0.2) is 8.42 Å². The Labute approximate surface area is 183 Å². The maximum absolute atomic E-state index is 13.2. The zero-order chi connectivity index (χ0) is 22.0. The van der Waals surface area contributed by atoms with Gasteiger partial charge in [-0.3, -0.25) is 4.79 Å². The summed E-state index contributed by atoms with van der Waals surface area (Å²) in [6.07, 6.45) is 4.08. The highest BCUT2D eigenvalue weighted by atomic mass is 32.2. The van der Waals surface area contributed by atoms with E-state index in [1.807, 2.05) is 42.1 Å². The first-order chi connectivity index (χ1) is 14.9. The van der Waals surface area contributed by atoms with Crippen LogP contribution < -0.4 is 5.32 Å². The second-order valence-corrected chi connectivity index (χ2v) is 10.3. The predicted molar refractivity (Wildman–Crippen MR) is 122 cm³/mol. The van der Waals surface area contributed by atoms with E-state index in [0.29, 0.717) is 25.9 Å². The van der Waals surface area contributed by atoms with Crippen LogP contribution in [-0.4, -0.2) is 42.8 Å². The van der Waals surface area contributed by atoms with Gasteiger partial charge in [-0.1, -0.05) is 24.3 Å². The number of aryl methyl sites for hydroxylation is 2. The molecule has 164 valence electrons. The van der Waals surface area contributed by atoms with E-state index in [9.17, 15) is 13.2 Å². The van der Waals surface area contributed by atoms with Gasteiger partial charge in [0.05, 0.1) is 10.8 Å². The molecule has 4 rings (SSSR count). The summed E-state index contributed by atoms with van der Waals surface area (Å²) in [5, 5.41) is 3.90. The third-order valence-corrected chi connectivity index (χ3v) is 8.07. The summed E-state index contributed by atoms with van der Waals surface area (Å²) in [5.41, 5.74) is 3.41. The molecule has 7 heteroatoms. The fourth-order valence-corrected chi connectivity index (χ4v) is 5.86. The van der Waals surface area contributed by atoms with Crippen LogP contribution in [0.2, 0.25) is 0 Å². The van der Waals surface area contributed by atoms with Crippen LogP contribution in [0, 0.1) is 12.8 Å². The quantitative estimate of drug-likeness (QED) is 0.641. The smallest absolute Gasteiger partial charge is 0.243 e. The van der Waals surface area contributed by atoms with Gasteiger partial charge < -0.3 is 9.88 Å². The van der Waals surface area contributed by atoms with Crippen molar-refractivity contribution in [1.82, 2.24) is 14.2 Å². The SMILES string of the molecule is Cc1ccccc1CCNC(=O)C1CCCN(S(=O)(=O)c2ccc3c(ccn3C)c2)C1. The monoisotopic (exact) mass is 439 g/mol. The number of fused-ring (bicyclic) bond motifs is 1. The number of nitrogens with one attached hydrogen (secondary N) is 1. The molecule has 31 heavy (non-hydrogen) atoms. The van der Waals surface area contributed by atoms with E-state index in [1.165, 1.54) is 15.4 Å². The van der Waals surface area contributed by atoms with E-state index in [2.05, 4.69) is 24.4 Å². The molecule has 2 aromatic carbocycles. The van der Waals surface area contributed by atoms with Gasteiger partial charge in [-0.05, 0) is 61.6 Å². The van der Waals surface area contributed by atoms with Gasteiger partial charge in [0.15, 0.2) is 0 Å². The van der Waals surface area contributed by atoms with Crippen LogP contribution in [0.4, 0.5) is 0 Å². The van der Waals surface area contributed by atoms with Crippen molar-refractivity contribution in [2.75, 3.05) is 19.6 Å².